The van der Waals surface area contributed by atoms with Gasteiger partial charge in [-0.3, -0.25) is 4.99 Å². The van der Waals surface area contributed by atoms with Crippen LogP contribution in [-0.4, -0.2) is 61.4 Å². The van der Waals surface area contributed by atoms with Crippen molar-refractivity contribution in [3.63, 3.8) is 0 Å². The van der Waals surface area contributed by atoms with Gasteiger partial charge in [0.1, 0.15) is 0 Å². The zero-order valence-electron chi connectivity index (χ0n) is 15.2. The Morgan fingerprint density at radius 3 is 2.68 bits per heavy atom. The quantitative estimate of drug-likeness (QED) is 0.310. The fourth-order valence-electron chi connectivity index (χ4n) is 2.09. The van der Waals surface area contributed by atoms with Crippen molar-refractivity contribution in [2.45, 2.75) is 24.4 Å². The standard InChI is InChI=1S/C16H28N4O4S/c1-13(12-24-4)20-16(17-2)18-11-14-6-5-7-15(10-14)25(21,22)19-8-9-23-3/h5-7,10,13,19H,8-9,11-12H2,1-4H3,(H2,17,18,20). The fraction of sp³-hybridized carbons (Fsp3) is 0.562. The lowest BCUT2D eigenvalue weighted by Gasteiger charge is -2.17. The molecule has 0 saturated heterocycles. The van der Waals surface area contributed by atoms with E-state index in [1.54, 1.807) is 32.4 Å². The number of rotatable bonds is 10. The van der Waals surface area contributed by atoms with Crippen molar-refractivity contribution in [2.75, 3.05) is 41.0 Å². The summed E-state index contributed by atoms with van der Waals surface area (Å²) < 4.78 is 36.9. The van der Waals surface area contributed by atoms with Gasteiger partial charge in [-0.1, -0.05) is 12.1 Å². The molecule has 0 heterocycles. The lowest BCUT2D eigenvalue weighted by atomic mass is 10.2. The molecule has 0 spiro atoms. The van der Waals surface area contributed by atoms with E-state index in [-0.39, 0.29) is 17.5 Å². The second-order valence-corrected chi connectivity index (χ2v) is 7.23. The van der Waals surface area contributed by atoms with Crippen LogP contribution in [0.5, 0.6) is 0 Å². The molecule has 0 fully saturated rings. The third-order valence-corrected chi connectivity index (χ3v) is 4.75. The van der Waals surface area contributed by atoms with Crippen molar-refractivity contribution in [3.05, 3.63) is 29.8 Å². The van der Waals surface area contributed by atoms with Crippen molar-refractivity contribution < 1.29 is 17.9 Å². The number of hydrogen-bond acceptors (Lipinski definition) is 5. The van der Waals surface area contributed by atoms with Gasteiger partial charge in [-0.15, -0.1) is 0 Å². The molecule has 0 radical (unpaired) electrons. The van der Waals surface area contributed by atoms with E-state index in [1.165, 1.54) is 7.11 Å². The molecule has 3 N–H and O–H groups in total. The Balaban J connectivity index is 2.68. The third kappa shape index (κ3) is 7.82. The van der Waals surface area contributed by atoms with E-state index in [0.29, 0.717) is 25.7 Å². The number of guanidine groups is 1. The summed E-state index contributed by atoms with van der Waals surface area (Å²) in [5, 5.41) is 6.34. The molecule has 25 heavy (non-hydrogen) atoms. The Hall–Kier alpha value is -1.68. The smallest absolute Gasteiger partial charge is 0.240 e. The molecule has 0 amide bonds. The van der Waals surface area contributed by atoms with E-state index in [0.717, 1.165) is 5.56 Å². The molecule has 0 aliphatic carbocycles. The molecule has 0 aliphatic heterocycles. The van der Waals surface area contributed by atoms with Gasteiger partial charge in [0, 0.05) is 40.4 Å². The Morgan fingerprint density at radius 2 is 2.04 bits per heavy atom. The molecule has 8 nitrogen and oxygen atoms in total. The van der Waals surface area contributed by atoms with Gasteiger partial charge >= 0.3 is 0 Å². The van der Waals surface area contributed by atoms with Crippen molar-refractivity contribution in [1.82, 2.24) is 15.4 Å². The predicted molar refractivity (Wildman–Crippen MR) is 98.2 cm³/mol. The molecule has 1 unspecified atom stereocenters. The summed E-state index contributed by atoms with van der Waals surface area (Å²) in [6.07, 6.45) is 0. The first-order valence-electron chi connectivity index (χ1n) is 7.96. The first-order chi connectivity index (χ1) is 11.9. The second-order valence-electron chi connectivity index (χ2n) is 5.46. The van der Waals surface area contributed by atoms with Crippen LogP contribution in [0.4, 0.5) is 0 Å². The third-order valence-electron chi connectivity index (χ3n) is 3.29. The molecular formula is C16H28N4O4S. The van der Waals surface area contributed by atoms with Crippen LogP contribution in [-0.2, 0) is 26.0 Å². The molecule has 0 saturated carbocycles. The summed E-state index contributed by atoms with van der Waals surface area (Å²) >= 11 is 0. The van der Waals surface area contributed by atoms with Gasteiger partial charge in [-0.2, -0.15) is 0 Å². The molecule has 142 valence electrons. The number of nitrogens with zero attached hydrogens (tertiary/aromatic N) is 1. The van der Waals surface area contributed by atoms with Gasteiger partial charge in [0.05, 0.1) is 18.1 Å². The highest BCUT2D eigenvalue weighted by molar-refractivity contribution is 7.89. The van der Waals surface area contributed by atoms with Crippen molar-refractivity contribution >= 4 is 16.0 Å². The SMILES string of the molecule is CN=C(NCc1cccc(S(=O)(=O)NCCOC)c1)NC(C)COC. The van der Waals surface area contributed by atoms with E-state index >= 15 is 0 Å². The average Bonchev–Trinajstić information content (AvgIpc) is 2.59. The van der Waals surface area contributed by atoms with Crippen molar-refractivity contribution in [1.29, 1.82) is 0 Å². The van der Waals surface area contributed by atoms with Crippen molar-refractivity contribution in [2.24, 2.45) is 4.99 Å². The van der Waals surface area contributed by atoms with Gasteiger partial charge in [0.2, 0.25) is 10.0 Å². The zero-order chi connectivity index (χ0) is 18.7. The van der Waals surface area contributed by atoms with Gasteiger partial charge in [0.15, 0.2) is 5.96 Å². The minimum Gasteiger partial charge on any atom is -0.383 e. The Morgan fingerprint density at radius 1 is 1.28 bits per heavy atom. The first-order valence-corrected chi connectivity index (χ1v) is 9.45. The number of hydrogen-bond donors (Lipinski definition) is 3. The molecule has 0 bridgehead atoms. The number of ether oxygens (including phenoxy) is 2. The number of benzene rings is 1. The molecular weight excluding hydrogens is 344 g/mol. The second kappa shape index (κ2) is 11.0. The summed E-state index contributed by atoms with van der Waals surface area (Å²) in [5.74, 6) is 0.621. The van der Waals surface area contributed by atoms with Crippen LogP contribution in [0.25, 0.3) is 0 Å². The maximum Gasteiger partial charge on any atom is 0.240 e. The van der Waals surface area contributed by atoms with Gasteiger partial charge in [0.25, 0.3) is 0 Å². The maximum absolute atomic E-state index is 12.2. The highest BCUT2D eigenvalue weighted by Crippen LogP contribution is 2.11. The van der Waals surface area contributed by atoms with Crippen molar-refractivity contribution in [3.8, 4) is 0 Å². The van der Waals surface area contributed by atoms with E-state index in [1.807, 2.05) is 13.0 Å². The van der Waals surface area contributed by atoms with Gasteiger partial charge in [-0.05, 0) is 24.6 Å². The number of nitrogens with one attached hydrogen (secondary N) is 3. The number of methoxy groups -OCH3 is 2. The minimum absolute atomic E-state index is 0.105. The number of sulfonamides is 1. The Labute approximate surface area is 150 Å². The molecule has 1 atom stereocenters. The van der Waals surface area contributed by atoms with Crippen LogP contribution < -0.4 is 15.4 Å². The van der Waals surface area contributed by atoms with E-state index in [2.05, 4.69) is 20.3 Å². The summed E-state index contributed by atoms with van der Waals surface area (Å²) in [4.78, 5) is 4.36. The van der Waals surface area contributed by atoms with E-state index in [9.17, 15) is 8.42 Å². The lowest BCUT2D eigenvalue weighted by molar-refractivity contribution is 0.179. The molecule has 0 aliphatic rings. The monoisotopic (exact) mass is 372 g/mol. The largest absolute Gasteiger partial charge is 0.383 e. The predicted octanol–water partition coefficient (Wildman–Crippen LogP) is 0.311. The average molecular weight is 372 g/mol. The molecule has 1 aromatic carbocycles. The minimum atomic E-state index is -3.55. The lowest BCUT2D eigenvalue weighted by Crippen LogP contribution is -2.43. The van der Waals surface area contributed by atoms with Crippen LogP contribution in [0.15, 0.2) is 34.2 Å². The maximum atomic E-state index is 12.2. The normalized spacial score (nSPS) is 13.5. The highest BCUT2D eigenvalue weighted by atomic mass is 32.2. The van der Waals surface area contributed by atoms with Crippen LogP contribution in [0.1, 0.15) is 12.5 Å². The summed E-state index contributed by atoms with van der Waals surface area (Å²) in [6.45, 7) is 3.54. The molecule has 1 rings (SSSR count). The first kappa shape index (κ1) is 21.4. The highest BCUT2D eigenvalue weighted by Gasteiger charge is 2.13. The van der Waals surface area contributed by atoms with Crippen LogP contribution in [0, 0.1) is 0 Å². The fourth-order valence-corrected chi connectivity index (χ4v) is 3.17. The molecule has 1 aromatic rings. The number of aliphatic imine (C=N–C) groups is 1. The summed E-state index contributed by atoms with van der Waals surface area (Å²) in [7, 11) is 1.29. The van der Waals surface area contributed by atoms with Crippen LogP contribution in [0.2, 0.25) is 0 Å². The summed E-state index contributed by atoms with van der Waals surface area (Å²) in [5.41, 5.74) is 0.831. The van der Waals surface area contributed by atoms with Crippen LogP contribution in [0.3, 0.4) is 0 Å². The Bertz CT molecular complexity index is 649. The summed E-state index contributed by atoms with van der Waals surface area (Å²) in [6, 6.07) is 6.87. The van der Waals surface area contributed by atoms with Gasteiger partial charge < -0.3 is 20.1 Å². The zero-order valence-corrected chi connectivity index (χ0v) is 16.0. The molecule has 0 aromatic heterocycles. The van der Waals surface area contributed by atoms with E-state index in [4.69, 9.17) is 9.47 Å². The topological polar surface area (TPSA) is 101 Å². The molecule has 9 heteroatoms. The van der Waals surface area contributed by atoms with Gasteiger partial charge in [-0.25, -0.2) is 13.1 Å². The Kier molecular flexibility index (Phi) is 9.43. The van der Waals surface area contributed by atoms with E-state index < -0.39 is 10.0 Å². The van der Waals surface area contributed by atoms with Crippen LogP contribution >= 0.6 is 0 Å².